The molecule has 3 rings (SSSR count). The van der Waals surface area contributed by atoms with E-state index >= 15 is 0 Å². The fourth-order valence-electron chi connectivity index (χ4n) is 3.50. The molecule has 0 radical (unpaired) electrons. The summed E-state index contributed by atoms with van der Waals surface area (Å²) in [5, 5.41) is 10.3. The van der Waals surface area contributed by atoms with E-state index in [1.165, 1.54) is 12.1 Å². The maximum atomic E-state index is 13.1. The summed E-state index contributed by atoms with van der Waals surface area (Å²) in [5.74, 6) is 1.04. The van der Waals surface area contributed by atoms with Gasteiger partial charge in [0.25, 0.3) is 0 Å². The summed E-state index contributed by atoms with van der Waals surface area (Å²) in [7, 11) is 4.98. The molecular weight excluding hydrogens is 423 g/mol. The van der Waals surface area contributed by atoms with Gasteiger partial charge in [-0.05, 0) is 67.3 Å². The number of hydrogen-bond donors (Lipinski definition) is 2. The minimum absolute atomic E-state index is 0.109. The number of halogens is 1. The smallest absolute Gasteiger partial charge is 0.317 e. The van der Waals surface area contributed by atoms with E-state index in [0.29, 0.717) is 24.6 Å². The first-order valence-electron chi connectivity index (χ1n) is 11.0. The molecular formula is C25H31FN4O3. The van der Waals surface area contributed by atoms with Gasteiger partial charge in [0, 0.05) is 31.4 Å². The number of aromatic nitrogens is 2. The number of benzene rings is 2. The lowest BCUT2D eigenvalue weighted by atomic mass is 10.1. The van der Waals surface area contributed by atoms with Crippen LogP contribution in [0.5, 0.6) is 11.5 Å². The highest BCUT2D eigenvalue weighted by Gasteiger charge is 2.10. The highest BCUT2D eigenvalue weighted by atomic mass is 19.1. The van der Waals surface area contributed by atoms with Crippen molar-refractivity contribution in [1.29, 1.82) is 0 Å². The Balaban J connectivity index is 1.34. The average Bonchev–Trinajstić information content (AvgIpc) is 3.31. The van der Waals surface area contributed by atoms with Gasteiger partial charge in [0.1, 0.15) is 5.82 Å². The molecule has 0 saturated heterocycles. The summed E-state index contributed by atoms with van der Waals surface area (Å²) < 4.78 is 23.6. The first-order valence-corrected chi connectivity index (χ1v) is 11.0. The van der Waals surface area contributed by atoms with Gasteiger partial charge in [0.05, 0.1) is 19.9 Å². The topological polar surface area (TPSA) is 79.5 Å². The van der Waals surface area contributed by atoms with Crippen molar-refractivity contribution in [2.75, 3.05) is 27.8 Å². The maximum absolute atomic E-state index is 13.1. The lowest BCUT2D eigenvalue weighted by Crippen LogP contribution is -2.37. The number of aromatic amines is 1. The van der Waals surface area contributed by atoms with Crippen molar-refractivity contribution in [1.82, 2.24) is 20.4 Å². The molecule has 0 fully saturated rings. The quantitative estimate of drug-likeness (QED) is 0.409. The van der Waals surface area contributed by atoms with Crippen LogP contribution in [0.15, 0.2) is 48.5 Å². The van der Waals surface area contributed by atoms with Crippen molar-refractivity contribution in [3.05, 3.63) is 65.6 Å². The molecule has 0 aliphatic rings. The average molecular weight is 455 g/mol. The Bertz CT molecular complexity index is 1040. The number of hydrogen-bond acceptors (Lipinski definition) is 4. The lowest BCUT2D eigenvalue weighted by Gasteiger charge is -2.18. The Morgan fingerprint density at radius 3 is 2.52 bits per heavy atom. The summed E-state index contributed by atoms with van der Waals surface area (Å²) in [6.45, 7) is 1.10. The van der Waals surface area contributed by atoms with Gasteiger partial charge in [0.15, 0.2) is 11.5 Å². The highest BCUT2D eigenvalue weighted by molar-refractivity contribution is 5.73. The van der Waals surface area contributed by atoms with Crippen LogP contribution in [0.25, 0.3) is 11.3 Å². The zero-order valence-electron chi connectivity index (χ0n) is 19.4. The van der Waals surface area contributed by atoms with Crippen LogP contribution < -0.4 is 14.8 Å². The van der Waals surface area contributed by atoms with Crippen LogP contribution in [0.1, 0.15) is 30.5 Å². The van der Waals surface area contributed by atoms with Crippen molar-refractivity contribution in [3.63, 3.8) is 0 Å². The predicted octanol–water partition coefficient (Wildman–Crippen LogP) is 4.79. The van der Waals surface area contributed by atoms with Crippen LogP contribution in [-0.2, 0) is 13.0 Å². The maximum Gasteiger partial charge on any atom is 0.317 e. The first kappa shape index (κ1) is 24.1. The van der Waals surface area contributed by atoms with Gasteiger partial charge in [0.2, 0.25) is 0 Å². The van der Waals surface area contributed by atoms with Crippen molar-refractivity contribution in [2.45, 2.75) is 32.2 Å². The number of nitrogens with one attached hydrogen (secondary N) is 2. The molecule has 1 aromatic heterocycles. The summed E-state index contributed by atoms with van der Waals surface area (Å²) in [6.07, 6.45) is 3.78. The molecule has 8 heteroatoms. The number of unbranched alkanes of at least 4 members (excludes halogenated alkanes) is 2. The molecule has 1 heterocycles. The molecule has 0 saturated carbocycles. The van der Waals surface area contributed by atoms with Crippen LogP contribution in [0.4, 0.5) is 9.18 Å². The summed E-state index contributed by atoms with van der Waals surface area (Å²) >= 11 is 0. The van der Waals surface area contributed by atoms with Gasteiger partial charge < -0.3 is 19.7 Å². The standard InChI is InChI=1S/C25H31FN4O3/c1-30(25(31)27-17-18-8-13-23(32-2)24(15-18)33-3)14-6-4-5-7-21-16-22(29-28-21)19-9-11-20(26)12-10-19/h8-13,15-16H,4-7,14,17H2,1-3H3,(H,27,31)(H,28,29). The van der Waals surface area contributed by atoms with E-state index in [4.69, 9.17) is 9.47 Å². The highest BCUT2D eigenvalue weighted by Crippen LogP contribution is 2.27. The molecule has 3 aromatic rings. The van der Waals surface area contributed by atoms with E-state index < -0.39 is 0 Å². The van der Waals surface area contributed by atoms with Crippen LogP contribution in [0.2, 0.25) is 0 Å². The summed E-state index contributed by atoms with van der Waals surface area (Å²) in [5.41, 5.74) is 3.69. The molecule has 0 atom stereocenters. The summed E-state index contributed by atoms with van der Waals surface area (Å²) in [6, 6.07) is 13.8. The van der Waals surface area contributed by atoms with Crippen molar-refractivity contribution in [3.8, 4) is 22.8 Å². The molecule has 2 aromatic carbocycles. The Hall–Kier alpha value is -3.55. The van der Waals surface area contributed by atoms with Crippen LogP contribution >= 0.6 is 0 Å². The van der Waals surface area contributed by atoms with E-state index in [-0.39, 0.29) is 11.8 Å². The largest absolute Gasteiger partial charge is 0.493 e. The second-order valence-electron chi connectivity index (χ2n) is 7.87. The van der Waals surface area contributed by atoms with Gasteiger partial charge in [-0.3, -0.25) is 5.10 Å². The molecule has 2 amide bonds. The number of aryl methyl sites for hydroxylation is 1. The number of nitrogens with zero attached hydrogens (tertiary/aromatic N) is 2. The molecule has 2 N–H and O–H groups in total. The third kappa shape index (κ3) is 6.97. The number of carbonyl (C=O) groups excluding carboxylic acids is 1. The van der Waals surface area contributed by atoms with E-state index in [1.807, 2.05) is 24.3 Å². The van der Waals surface area contributed by atoms with E-state index in [9.17, 15) is 9.18 Å². The first-order chi connectivity index (χ1) is 16.0. The second kappa shape index (κ2) is 11.9. The van der Waals surface area contributed by atoms with Gasteiger partial charge in [-0.15, -0.1) is 0 Å². The molecule has 33 heavy (non-hydrogen) atoms. The zero-order chi connectivity index (χ0) is 23.6. The molecule has 0 spiro atoms. The van der Waals surface area contributed by atoms with E-state index in [1.54, 1.807) is 38.3 Å². The van der Waals surface area contributed by atoms with E-state index in [0.717, 1.165) is 48.2 Å². The molecule has 7 nitrogen and oxygen atoms in total. The van der Waals surface area contributed by atoms with Gasteiger partial charge in [-0.1, -0.05) is 12.5 Å². The number of urea groups is 1. The molecule has 176 valence electrons. The normalized spacial score (nSPS) is 10.7. The number of H-pyrrole nitrogens is 1. The Morgan fingerprint density at radius 2 is 1.79 bits per heavy atom. The Kier molecular flexibility index (Phi) is 8.69. The van der Waals surface area contributed by atoms with Crippen LogP contribution in [0, 0.1) is 5.82 Å². The minimum atomic E-state index is -0.255. The third-order valence-electron chi connectivity index (χ3n) is 5.45. The van der Waals surface area contributed by atoms with Gasteiger partial charge in [-0.25, -0.2) is 9.18 Å². The number of carbonyl (C=O) groups is 1. The van der Waals surface area contributed by atoms with Crippen molar-refractivity contribution in [2.24, 2.45) is 0 Å². The van der Waals surface area contributed by atoms with Gasteiger partial charge in [-0.2, -0.15) is 5.10 Å². The number of methoxy groups -OCH3 is 2. The monoisotopic (exact) mass is 454 g/mol. The number of amides is 2. The molecule has 0 aliphatic carbocycles. The SMILES string of the molecule is COc1ccc(CNC(=O)N(C)CCCCCc2cc(-c3ccc(F)cc3)n[nH]2)cc1OC. The minimum Gasteiger partial charge on any atom is -0.493 e. The van der Waals surface area contributed by atoms with Crippen molar-refractivity contribution >= 4 is 6.03 Å². The lowest BCUT2D eigenvalue weighted by molar-refractivity contribution is 0.207. The second-order valence-corrected chi connectivity index (χ2v) is 7.87. The molecule has 0 bridgehead atoms. The van der Waals surface area contributed by atoms with Crippen LogP contribution in [0.3, 0.4) is 0 Å². The summed E-state index contributed by atoms with van der Waals surface area (Å²) in [4.78, 5) is 14.1. The predicted molar refractivity (Wildman–Crippen MR) is 126 cm³/mol. The number of rotatable bonds is 11. The Morgan fingerprint density at radius 1 is 1.03 bits per heavy atom. The Labute approximate surface area is 193 Å². The molecule has 0 unspecified atom stereocenters. The zero-order valence-corrected chi connectivity index (χ0v) is 19.4. The van der Waals surface area contributed by atoms with Crippen LogP contribution in [-0.4, -0.2) is 48.9 Å². The van der Waals surface area contributed by atoms with E-state index in [2.05, 4.69) is 15.5 Å². The molecule has 0 aliphatic heterocycles. The fraction of sp³-hybridized carbons (Fsp3) is 0.360. The van der Waals surface area contributed by atoms with Crippen molar-refractivity contribution < 1.29 is 18.7 Å². The van der Waals surface area contributed by atoms with Gasteiger partial charge >= 0.3 is 6.03 Å². The fourth-order valence-corrected chi connectivity index (χ4v) is 3.50. The third-order valence-corrected chi connectivity index (χ3v) is 5.45. The number of ether oxygens (including phenoxy) is 2.